The number of hydrogen-bond acceptors (Lipinski definition) is 4. The summed E-state index contributed by atoms with van der Waals surface area (Å²) in [4.78, 5) is 4.53. The van der Waals surface area contributed by atoms with Crippen LogP contribution in [0.1, 0.15) is 48.8 Å². The fraction of sp³-hybridized carbons (Fsp3) is 0.769. The molecule has 1 aliphatic heterocycles. The third-order valence-corrected chi connectivity index (χ3v) is 5.07. The fourth-order valence-electron chi connectivity index (χ4n) is 3.07. The molecule has 0 amide bonds. The first-order valence-electron chi connectivity index (χ1n) is 6.50. The van der Waals surface area contributed by atoms with Crippen LogP contribution in [0.5, 0.6) is 0 Å². The first-order chi connectivity index (χ1) is 8.19. The van der Waals surface area contributed by atoms with Gasteiger partial charge in [0.05, 0.1) is 22.3 Å². The van der Waals surface area contributed by atoms with Gasteiger partial charge in [0.1, 0.15) is 0 Å². The predicted molar refractivity (Wildman–Crippen MR) is 69.0 cm³/mol. The van der Waals surface area contributed by atoms with Gasteiger partial charge in [0.25, 0.3) is 0 Å². The van der Waals surface area contributed by atoms with Gasteiger partial charge < -0.3 is 10.5 Å². The Balaban J connectivity index is 1.71. The molecule has 3 rings (SSSR count). The number of nitrogens with zero attached hydrogens (tertiary/aromatic N) is 1. The van der Waals surface area contributed by atoms with Gasteiger partial charge >= 0.3 is 0 Å². The molecule has 17 heavy (non-hydrogen) atoms. The van der Waals surface area contributed by atoms with E-state index in [1.54, 1.807) is 11.3 Å². The van der Waals surface area contributed by atoms with Crippen LogP contribution in [-0.2, 0) is 4.74 Å². The van der Waals surface area contributed by atoms with E-state index >= 15 is 0 Å². The molecule has 2 unspecified atom stereocenters. The number of nitrogens with two attached hydrogens (primary N) is 1. The molecule has 94 valence electrons. The van der Waals surface area contributed by atoms with Crippen LogP contribution in [0, 0.1) is 12.8 Å². The van der Waals surface area contributed by atoms with Gasteiger partial charge in [0, 0.05) is 12.0 Å². The van der Waals surface area contributed by atoms with Crippen LogP contribution in [0.4, 0.5) is 0 Å². The fourth-order valence-corrected chi connectivity index (χ4v) is 3.73. The highest BCUT2D eigenvalue weighted by atomic mass is 32.1. The van der Waals surface area contributed by atoms with Crippen molar-refractivity contribution in [2.45, 2.75) is 50.7 Å². The molecule has 0 aromatic carbocycles. The molecular formula is C13H20N2OS. The summed E-state index contributed by atoms with van der Waals surface area (Å²) in [6, 6.07) is 0.0984. The van der Waals surface area contributed by atoms with E-state index in [2.05, 4.69) is 10.4 Å². The first-order valence-corrected chi connectivity index (χ1v) is 7.38. The van der Waals surface area contributed by atoms with Crippen LogP contribution in [-0.4, -0.2) is 17.2 Å². The maximum Gasteiger partial charge on any atom is 0.0898 e. The molecular weight excluding hydrogens is 232 g/mol. The van der Waals surface area contributed by atoms with E-state index in [9.17, 15) is 0 Å². The molecule has 0 radical (unpaired) electrons. The second-order valence-corrected chi connectivity index (χ2v) is 6.52. The summed E-state index contributed by atoms with van der Waals surface area (Å²) in [7, 11) is 0. The Morgan fingerprint density at radius 2 is 2.41 bits per heavy atom. The molecule has 1 aromatic rings. The second kappa shape index (κ2) is 4.34. The standard InChI is InChI=1S/C13H20N2OS/c1-9-15-11(8-17-9)12(14)10-3-6-16-13(7-10)4-2-5-13/h8,10,12H,2-7,14H2,1H3. The molecule has 2 N–H and O–H groups in total. The van der Waals surface area contributed by atoms with E-state index in [1.165, 1.54) is 19.3 Å². The molecule has 2 aliphatic rings. The van der Waals surface area contributed by atoms with Crippen molar-refractivity contribution in [3.8, 4) is 0 Å². The topological polar surface area (TPSA) is 48.1 Å². The Morgan fingerprint density at radius 3 is 3.00 bits per heavy atom. The number of hydrogen-bond donors (Lipinski definition) is 1. The molecule has 1 aliphatic carbocycles. The number of aryl methyl sites for hydroxylation is 1. The minimum Gasteiger partial charge on any atom is -0.375 e. The van der Waals surface area contributed by atoms with E-state index < -0.39 is 0 Å². The van der Waals surface area contributed by atoms with Crippen molar-refractivity contribution in [1.82, 2.24) is 4.98 Å². The summed E-state index contributed by atoms with van der Waals surface area (Å²) in [5, 5.41) is 3.23. The quantitative estimate of drug-likeness (QED) is 0.880. The highest BCUT2D eigenvalue weighted by Gasteiger charge is 2.44. The summed E-state index contributed by atoms with van der Waals surface area (Å²) >= 11 is 1.69. The van der Waals surface area contributed by atoms with E-state index in [4.69, 9.17) is 10.5 Å². The van der Waals surface area contributed by atoms with Crippen LogP contribution < -0.4 is 5.73 Å². The first kappa shape index (κ1) is 11.6. The lowest BCUT2D eigenvalue weighted by atomic mass is 9.70. The van der Waals surface area contributed by atoms with Crippen molar-refractivity contribution in [3.05, 3.63) is 16.1 Å². The van der Waals surface area contributed by atoms with Crippen LogP contribution >= 0.6 is 11.3 Å². The Morgan fingerprint density at radius 1 is 1.59 bits per heavy atom. The van der Waals surface area contributed by atoms with E-state index in [0.717, 1.165) is 30.2 Å². The smallest absolute Gasteiger partial charge is 0.0898 e. The third-order valence-electron chi connectivity index (χ3n) is 4.28. The van der Waals surface area contributed by atoms with Gasteiger partial charge in [-0.05, 0) is 44.9 Å². The average molecular weight is 252 g/mol. The SMILES string of the molecule is Cc1nc(C(N)C2CCOC3(CCC3)C2)cs1. The maximum absolute atomic E-state index is 6.37. The molecule has 1 saturated heterocycles. The van der Waals surface area contributed by atoms with Gasteiger partial charge in [-0.1, -0.05) is 0 Å². The lowest BCUT2D eigenvalue weighted by Crippen LogP contribution is -2.47. The molecule has 0 bridgehead atoms. The van der Waals surface area contributed by atoms with Crippen LogP contribution in [0.3, 0.4) is 0 Å². The van der Waals surface area contributed by atoms with E-state index in [0.29, 0.717) is 5.92 Å². The second-order valence-electron chi connectivity index (χ2n) is 5.46. The zero-order chi connectivity index (χ0) is 11.9. The Hall–Kier alpha value is -0.450. The van der Waals surface area contributed by atoms with Crippen molar-refractivity contribution < 1.29 is 4.74 Å². The van der Waals surface area contributed by atoms with Crippen molar-refractivity contribution in [1.29, 1.82) is 0 Å². The largest absolute Gasteiger partial charge is 0.375 e. The zero-order valence-corrected chi connectivity index (χ0v) is 11.1. The monoisotopic (exact) mass is 252 g/mol. The van der Waals surface area contributed by atoms with Crippen LogP contribution in [0.25, 0.3) is 0 Å². The van der Waals surface area contributed by atoms with Gasteiger partial charge in [-0.15, -0.1) is 11.3 Å². The lowest BCUT2D eigenvalue weighted by Gasteiger charge is -2.48. The van der Waals surface area contributed by atoms with Crippen molar-refractivity contribution in [2.24, 2.45) is 11.7 Å². The Bertz CT molecular complexity index is 400. The number of aromatic nitrogens is 1. The predicted octanol–water partition coefficient (Wildman–Crippen LogP) is 2.80. The molecule has 2 fully saturated rings. The minimum absolute atomic E-state index is 0.0984. The van der Waals surface area contributed by atoms with Gasteiger partial charge in [-0.3, -0.25) is 0 Å². The molecule has 1 saturated carbocycles. The van der Waals surface area contributed by atoms with Crippen molar-refractivity contribution in [3.63, 3.8) is 0 Å². The third kappa shape index (κ3) is 2.14. The van der Waals surface area contributed by atoms with Crippen LogP contribution in [0.15, 0.2) is 5.38 Å². The minimum atomic E-state index is 0.0984. The van der Waals surface area contributed by atoms with Gasteiger partial charge in [-0.25, -0.2) is 4.98 Å². The normalized spacial score (nSPS) is 28.9. The highest BCUT2D eigenvalue weighted by molar-refractivity contribution is 7.09. The summed E-state index contributed by atoms with van der Waals surface area (Å²) in [6.45, 7) is 2.92. The molecule has 1 spiro atoms. The number of rotatable bonds is 2. The molecule has 1 aromatic heterocycles. The Labute approximate surface area is 106 Å². The summed E-state index contributed by atoms with van der Waals surface area (Å²) in [5.74, 6) is 0.547. The maximum atomic E-state index is 6.37. The Kier molecular flexibility index (Phi) is 2.97. The van der Waals surface area contributed by atoms with E-state index in [-0.39, 0.29) is 11.6 Å². The summed E-state index contributed by atoms with van der Waals surface area (Å²) in [5.41, 5.74) is 7.64. The number of thiazole rings is 1. The van der Waals surface area contributed by atoms with Crippen LogP contribution in [0.2, 0.25) is 0 Å². The highest BCUT2D eigenvalue weighted by Crippen LogP contribution is 2.46. The zero-order valence-electron chi connectivity index (χ0n) is 10.3. The van der Waals surface area contributed by atoms with Gasteiger partial charge in [0.2, 0.25) is 0 Å². The van der Waals surface area contributed by atoms with Gasteiger partial charge in [-0.2, -0.15) is 0 Å². The molecule has 2 heterocycles. The number of ether oxygens (including phenoxy) is 1. The average Bonchev–Trinajstić information content (AvgIpc) is 2.73. The van der Waals surface area contributed by atoms with Gasteiger partial charge in [0.15, 0.2) is 0 Å². The van der Waals surface area contributed by atoms with Crippen molar-refractivity contribution >= 4 is 11.3 Å². The lowest BCUT2D eigenvalue weighted by molar-refractivity contribution is -0.146. The van der Waals surface area contributed by atoms with E-state index in [1.807, 2.05) is 6.92 Å². The molecule has 2 atom stereocenters. The van der Waals surface area contributed by atoms with Crippen molar-refractivity contribution in [2.75, 3.05) is 6.61 Å². The molecule has 4 heteroatoms. The summed E-state index contributed by atoms with van der Waals surface area (Å²) < 4.78 is 5.95. The molecule has 3 nitrogen and oxygen atoms in total. The summed E-state index contributed by atoms with van der Waals surface area (Å²) in [6.07, 6.45) is 5.99.